The van der Waals surface area contributed by atoms with Crippen LogP contribution in [0.15, 0.2) is 30.3 Å². The van der Waals surface area contributed by atoms with Crippen molar-refractivity contribution in [2.75, 3.05) is 25.1 Å². The van der Waals surface area contributed by atoms with Crippen LogP contribution in [0.25, 0.3) is 11.3 Å². The van der Waals surface area contributed by atoms with Gasteiger partial charge in [-0.05, 0) is 42.7 Å². The molecule has 0 aliphatic carbocycles. The van der Waals surface area contributed by atoms with E-state index in [4.69, 9.17) is 10.5 Å². The third-order valence-electron chi connectivity index (χ3n) is 3.75. The van der Waals surface area contributed by atoms with E-state index >= 15 is 0 Å². The number of anilines is 1. The summed E-state index contributed by atoms with van der Waals surface area (Å²) in [5, 5.41) is 7.51. The number of aromatic amines is 1. The number of H-pyrrole nitrogens is 1. The van der Waals surface area contributed by atoms with Gasteiger partial charge in [0.1, 0.15) is 5.75 Å². The van der Waals surface area contributed by atoms with Crippen molar-refractivity contribution in [1.29, 1.82) is 0 Å². The van der Waals surface area contributed by atoms with Crippen molar-refractivity contribution in [3.8, 4) is 17.0 Å². The van der Waals surface area contributed by atoms with Gasteiger partial charge in [-0.1, -0.05) is 0 Å². The monoisotopic (exact) mass is 272 g/mol. The molecule has 1 aromatic heterocycles. The fourth-order valence-corrected chi connectivity index (χ4v) is 2.61. The van der Waals surface area contributed by atoms with Gasteiger partial charge in [-0.3, -0.25) is 5.10 Å². The number of aromatic nitrogens is 2. The van der Waals surface area contributed by atoms with Gasteiger partial charge in [-0.25, -0.2) is 0 Å². The quantitative estimate of drug-likeness (QED) is 0.897. The first-order chi connectivity index (χ1) is 9.76. The Morgan fingerprint density at radius 2 is 2.15 bits per heavy atom. The molecule has 0 unspecified atom stereocenters. The predicted molar refractivity (Wildman–Crippen MR) is 80.0 cm³/mol. The number of benzene rings is 1. The van der Waals surface area contributed by atoms with Crippen LogP contribution >= 0.6 is 0 Å². The van der Waals surface area contributed by atoms with E-state index in [2.05, 4.69) is 21.2 Å². The van der Waals surface area contributed by atoms with Crippen LogP contribution in [0, 0.1) is 0 Å². The van der Waals surface area contributed by atoms with E-state index in [1.807, 2.05) is 24.3 Å². The third-order valence-corrected chi connectivity index (χ3v) is 3.75. The molecule has 1 saturated heterocycles. The molecule has 0 amide bonds. The number of hydrogen-bond donors (Lipinski definition) is 2. The van der Waals surface area contributed by atoms with Crippen LogP contribution in [-0.2, 0) is 0 Å². The molecule has 1 aliphatic rings. The van der Waals surface area contributed by atoms with Crippen LogP contribution in [0.1, 0.15) is 12.8 Å². The number of rotatable bonds is 3. The predicted octanol–water partition coefficient (Wildman–Crippen LogP) is 2.01. The van der Waals surface area contributed by atoms with Gasteiger partial charge in [0.25, 0.3) is 0 Å². The molecule has 0 saturated carbocycles. The zero-order valence-electron chi connectivity index (χ0n) is 11.7. The minimum absolute atomic E-state index is 0.255. The number of methoxy groups -OCH3 is 1. The van der Waals surface area contributed by atoms with Gasteiger partial charge in [0.05, 0.1) is 12.8 Å². The van der Waals surface area contributed by atoms with E-state index in [-0.39, 0.29) is 6.04 Å². The lowest BCUT2D eigenvalue weighted by molar-refractivity contribution is 0.415. The Kier molecular flexibility index (Phi) is 3.60. The first-order valence-corrected chi connectivity index (χ1v) is 6.96. The molecule has 2 heterocycles. The summed E-state index contributed by atoms with van der Waals surface area (Å²) in [6, 6.07) is 10.3. The van der Waals surface area contributed by atoms with Gasteiger partial charge in [0, 0.05) is 25.2 Å². The highest BCUT2D eigenvalue weighted by molar-refractivity contribution is 5.64. The van der Waals surface area contributed by atoms with E-state index in [0.29, 0.717) is 0 Å². The van der Waals surface area contributed by atoms with Crippen molar-refractivity contribution in [1.82, 2.24) is 10.2 Å². The number of piperidine rings is 1. The van der Waals surface area contributed by atoms with E-state index in [9.17, 15) is 0 Å². The van der Waals surface area contributed by atoms with Crippen LogP contribution < -0.4 is 15.4 Å². The SMILES string of the molecule is COc1ccc(-c2cc(N3CCC[C@H](N)C3)n[nH]2)cc1. The molecule has 3 N–H and O–H groups in total. The van der Waals surface area contributed by atoms with Crippen molar-refractivity contribution in [3.05, 3.63) is 30.3 Å². The lowest BCUT2D eigenvalue weighted by Crippen LogP contribution is -2.43. The number of ether oxygens (including phenoxy) is 1. The standard InChI is InChI=1S/C15H20N4O/c1-20-13-6-4-11(5-7-13)14-9-15(18-17-14)19-8-2-3-12(16)10-19/h4-7,9,12H,2-3,8,10,16H2,1H3,(H,17,18)/t12-/m0/s1. The molecular formula is C15H20N4O. The molecule has 1 aromatic carbocycles. The molecule has 0 radical (unpaired) electrons. The summed E-state index contributed by atoms with van der Waals surface area (Å²) in [4.78, 5) is 2.25. The molecule has 0 spiro atoms. The zero-order valence-corrected chi connectivity index (χ0v) is 11.7. The maximum absolute atomic E-state index is 6.02. The normalized spacial score (nSPS) is 19.1. The average Bonchev–Trinajstić information content (AvgIpc) is 2.97. The number of nitrogens with one attached hydrogen (secondary N) is 1. The highest BCUT2D eigenvalue weighted by atomic mass is 16.5. The summed E-state index contributed by atoms with van der Waals surface area (Å²) in [5.41, 5.74) is 8.14. The number of hydrogen-bond acceptors (Lipinski definition) is 4. The summed E-state index contributed by atoms with van der Waals surface area (Å²) < 4.78 is 5.17. The van der Waals surface area contributed by atoms with Crippen molar-refractivity contribution >= 4 is 5.82 Å². The Morgan fingerprint density at radius 1 is 1.35 bits per heavy atom. The Balaban J connectivity index is 1.78. The van der Waals surface area contributed by atoms with Gasteiger partial charge in [-0.2, -0.15) is 5.10 Å². The van der Waals surface area contributed by atoms with Gasteiger partial charge >= 0.3 is 0 Å². The molecule has 1 aliphatic heterocycles. The van der Waals surface area contributed by atoms with Crippen molar-refractivity contribution in [2.24, 2.45) is 5.73 Å². The lowest BCUT2D eigenvalue weighted by Gasteiger charge is -2.30. The summed E-state index contributed by atoms with van der Waals surface area (Å²) in [6.45, 7) is 1.91. The Bertz CT molecular complexity index is 564. The average molecular weight is 272 g/mol. The highest BCUT2D eigenvalue weighted by Crippen LogP contribution is 2.25. The van der Waals surface area contributed by atoms with Crippen molar-refractivity contribution in [3.63, 3.8) is 0 Å². The molecule has 0 bridgehead atoms. The fraction of sp³-hybridized carbons (Fsp3) is 0.400. The second-order valence-corrected chi connectivity index (χ2v) is 5.22. The molecule has 2 aromatic rings. The van der Waals surface area contributed by atoms with Gasteiger partial charge in [0.15, 0.2) is 5.82 Å². The largest absolute Gasteiger partial charge is 0.497 e. The summed E-state index contributed by atoms with van der Waals surface area (Å²) in [5.74, 6) is 1.83. The lowest BCUT2D eigenvalue weighted by atomic mass is 10.1. The van der Waals surface area contributed by atoms with Gasteiger partial charge in [0.2, 0.25) is 0 Å². The van der Waals surface area contributed by atoms with Crippen LogP contribution in [-0.4, -0.2) is 36.4 Å². The molecule has 1 atom stereocenters. The van der Waals surface area contributed by atoms with E-state index in [1.165, 1.54) is 0 Å². The Hall–Kier alpha value is -2.01. The van der Waals surface area contributed by atoms with E-state index in [1.54, 1.807) is 7.11 Å². The third kappa shape index (κ3) is 2.63. The summed E-state index contributed by atoms with van der Waals surface area (Å²) >= 11 is 0. The van der Waals surface area contributed by atoms with E-state index < -0.39 is 0 Å². The maximum atomic E-state index is 6.02. The summed E-state index contributed by atoms with van der Waals surface area (Å²) in [7, 11) is 1.67. The highest BCUT2D eigenvalue weighted by Gasteiger charge is 2.19. The van der Waals surface area contributed by atoms with Crippen LogP contribution in [0.3, 0.4) is 0 Å². The maximum Gasteiger partial charge on any atom is 0.151 e. The topological polar surface area (TPSA) is 67.2 Å². The van der Waals surface area contributed by atoms with Crippen LogP contribution in [0.2, 0.25) is 0 Å². The van der Waals surface area contributed by atoms with E-state index in [0.717, 1.165) is 48.8 Å². The second-order valence-electron chi connectivity index (χ2n) is 5.22. The molecule has 3 rings (SSSR count). The van der Waals surface area contributed by atoms with Crippen LogP contribution in [0.4, 0.5) is 5.82 Å². The molecule has 5 nitrogen and oxygen atoms in total. The minimum atomic E-state index is 0.255. The van der Waals surface area contributed by atoms with Gasteiger partial charge in [-0.15, -0.1) is 0 Å². The number of nitrogens with two attached hydrogens (primary N) is 1. The molecule has 5 heteroatoms. The molecular weight excluding hydrogens is 252 g/mol. The van der Waals surface area contributed by atoms with Crippen molar-refractivity contribution in [2.45, 2.75) is 18.9 Å². The molecule has 106 valence electrons. The smallest absolute Gasteiger partial charge is 0.151 e. The zero-order chi connectivity index (χ0) is 13.9. The van der Waals surface area contributed by atoms with Crippen molar-refractivity contribution < 1.29 is 4.74 Å². The molecule has 20 heavy (non-hydrogen) atoms. The summed E-state index contributed by atoms with van der Waals surface area (Å²) in [6.07, 6.45) is 2.23. The Labute approximate surface area is 118 Å². The first kappa shape index (κ1) is 13.0. The van der Waals surface area contributed by atoms with Gasteiger partial charge < -0.3 is 15.4 Å². The van der Waals surface area contributed by atoms with Crippen LogP contribution in [0.5, 0.6) is 5.75 Å². The number of nitrogens with zero attached hydrogens (tertiary/aromatic N) is 2. The fourth-order valence-electron chi connectivity index (χ4n) is 2.61. The first-order valence-electron chi connectivity index (χ1n) is 6.96. The molecule has 1 fully saturated rings. The minimum Gasteiger partial charge on any atom is -0.497 e. The Morgan fingerprint density at radius 3 is 2.85 bits per heavy atom. The second kappa shape index (κ2) is 5.54.